The Morgan fingerprint density at radius 3 is 2.31 bits per heavy atom. The first-order valence-corrected chi connectivity index (χ1v) is 9.08. The maximum atomic E-state index is 13.5. The summed E-state index contributed by atoms with van der Waals surface area (Å²) < 4.78 is 64.4. The third-order valence-corrected chi connectivity index (χ3v) is 4.10. The van der Waals surface area contributed by atoms with Crippen molar-refractivity contribution in [1.82, 2.24) is 10.6 Å². The second kappa shape index (κ2) is 10.5. The van der Waals surface area contributed by atoms with Crippen molar-refractivity contribution >= 4 is 23.2 Å². The molecule has 0 atom stereocenters. The lowest BCUT2D eigenvalue weighted by Crippen LogP contribution is -2.33. The molecule has 0 bridgehead atoms. The van der Waals surface area contributed by atoms with Gasteiger partial charge in [-0.1, -0.05) is 0 Å². The third kappa shape index (κ3) is 6.89. The summed E-state index contributed by atoms with van der Waals surface area (Å²) in [6.07, 6.45) is -4.90. The van der Waals surface area contributed by atoms with Crippen molar-refractivity contribution in [3.05, 3.63) is 69.3 Å². The molecule has 2 aromatic rings. The van der Waals surface area contributed by atoms with Crippen molar-refractivity contribution < 1.29 is 36.5 Å². The highest BCUT2D eigenvalue weighted by Crippen LogP contribution is 2.34. The van der Waals surface area contributed by atoms with Crippen LogP contribution in [-0.2, 0) is 11.0 Å². The van der Waals surface area contributed by atoms with E-state index in [1.165, 1.54) is 0 Å². The van der Waals surface area contributed by atoms with Crippen LogP contribution in [0.2, 0.25) is 0 Å². The van der Waals surface area contributed by atoms with Gasteiger partial charge < -0.3 is 16.0 Å². The maximum absolute atomic E-state index is 13.5. The Hall–Kier alpha value is -3.77. The van der Waals surface area contributed by atoms with Crippen molar-refractivity contribution in [3.63, 3.8) is 0 Å². The number of benzene rings is 2. The first-order chi connectivity index (χ1) is 15.0. The largest absolute Gasteiger partial charge is 0.416 e. The molecule has 0 unspecified atom stereocenters. The highest BCUT2D eigenvalue weighted by Gasteiger charge is 2.33. The highest BCUT2D eigenvalue weighted by molar-refractivity contribution is 5.94. The number of nitrogens with zero attached hydrogens (tertiary/aromatic N) is 1. The molecule has 0 fully saturated rings. The molecular weight excluding hydrogens is 443 g/mol. The summed E-state index contributed by atoms with van der Waals surface area (Å²) in [5.41, 5.74) is -2.45. The summed E-state index contributed by atoms with van der Waals surface area (Å²) in [4.78, 5) is 33.6. The van der Waals surface area contributed by atoms with E-state index in [9.17, 15) is 41.7 Å². The zero-order valence-corrected chi connectivity index (χ0v) is 16.3. The predicted molar refractivity (Wildman–Crippen MR) is 103 cm³/mol. The molecule has 32 heavy (non-hydrogen) atoms. The molecule has 2 aromatic carbocycles. The molecule has 0 saturated carbocycles. The number of rotatable bonds is 9. The molecule has 2 amide bonds. The van der Waals surface area contributed by atoms with Gasteiger partial charge in [-0.05, 0) is 24.3 Å². The van der Waals surface area contributed by atoms with Gasteiger partial charge in [-0.15, -0.1) is 0 Å². The van der Waals surface area contributed by atoms with Gasteiger partial charge in [-0.3, -0.25) is 19.7 Å². The number of halogens is 5. The Kier molecular flexibility index (Phi) is 8.04. The second-order valence-corrected chi connectivity index (χ2v) is 6.39. The molecule has 0 aliphatic rings. The van der Waals surface area contributed by atoms with Crippen LogP contribution >= 0.6 is 0 Å². The van der Waals surface area contributed by atoms with E-state index in [0.717, 1.165) is 18.2 Å². The Bertz CT molecular complexity index is 1010. The second-order valence-electron chi connectivity index (χ2n) is 6.39. The van der Waals surface area contributed by atoms with Crippen LogP contribution in [0.4, 0.5) is 33.3 Å². The van der Waals surface area contributed by atoms with E-state index in [1.807, 2.05) is 0 Å². The number of carbonyl (C=O) groups is 2. The number of nitro benzene ring substituents is 1. The summed E-state index contributed by atoms with van der Waals surface area (Å²) >= 11 is 0. The van der Waals surface area contributed by atoms with Gasteiger partial charge in [-0.2, -0.15) is 13.2 Å². The average molecular weight is 460 g/mol. The van der Waals surface area contributed by atoms with E-state index < -0.39 is 45.8 Å². The molecule has 0 aliphatic carbocycles. The lowest BCUT2D eigenvalue weighted by molar-refractivity contribution is -0.384. The average Bonchev–Trinajstić information content (AvgIpc) is 2.70. The summed E-state index contributed by atoms with van der Waals surface area (Å²) in [7, 11) is 0. The minimum absolute atomic E-state index is 0.0163. The Morgan fingerprint density at radius 1 is 0.969 bits per heavy atom. The third-order valence-electron chi connectivity index (χ3n) is 4.10. The van der Waals surface area contributed by atoms with Crippen LogP contribution in [0.5, 0.6) is 0 Å². The minimum atomic E-state index is -4.73. The van der Waals surface area contributed by atoms with Crippen molar-refractivity contribution in [1.29, 1.82) is 0 Å². The fraction of sp³-hybridized carbons (Fsp3) is 0.263. The lowest BCUT2D eigenvalue weighted by Gasteiger charge is -2.11. The first kappa shape index (κ1) is 24.5. The Labute approximate surface area is 177 Å². The highest BCUT2D eigenvalue weighted by atomic mass is 19.4. The van der Waals surface area contributed by atoms with Crippen molar-refractivity contribution in [3.8, 4) is 0 Å². The molecule has 0 radical (unpaired) electrons. The quantitative estimate of drug-likeness (QED) is 0.230. The van der Waals surface area contributed by atoms with Gasteiger partial charge in [0.2, 0.25) is 5.91 Å². The molecule has 8 nitrogen and oxygen atoms in total. The van der Waals surface area contributed by atoms with E-state index in [-0.39, 0.29) is 37.3 Å². The standard InChI is InChI=1S/C19H17F5N4O4/c20-12-2-3-13(14(21)10-12)18(30)27-6-5-17(29)26-8-7-25-15-4-1-11(19(22,23)24)9-16(15)28(31)32/h1-4,9-10,25H,5-8H2,(H,26,29)(H,27,30). The zero-order chi connectivity index (χ0) is 23.9. The van der Waals surface area contributed by atoms with Gasteiger partial charge in [0.25, 0.3) is 11.6 Å². The molecule has 0 aromatic heterocycles. The molecule has 3 N–H and O–H groups in total. The number of alkyl halides is 3. The smallest absolute Gasteiger partial charge is 0.378 e. The van der Waals surface area contributed by atoms with Gasteiger partial charge in [0.1, 0.15) is 17.3 Å². The fourth-order valence-corrected chi connectivity index (χ4v) is 2.55. The van der Waals surface area contributed by atoms with Gasteiger partial charge in [-0.25, -0.2) is 8.78 Å². The number of nitro groups is 1. The van der Waals surface area contributed by atoms with Crippen LogP contribution in [-0.4, -0.2) is 36.4 Å². The number of anilines is 1. The molecule has 0 aliphatic heterocycles. The zero-order valence-electron chi connectivity index (χ0n) is 16.3. The molecule has 0 spiro atoms. The number of amides is 2. The predicted octanol–water partition coefficient (Wildman–Crippen LogP) is 3.24. The number of hydrogen-bond donors (Lipinski definition) is 3. The Balaban J connectivity index is 1.76. The van der Waals surface area contributed by atoms with Crippen LogP contribution in [0.1, 0.15) is 22.3 Å². The molecular formula is C19H17F5N4O4. The number of nitrogens with one attached hydrogen (secondary N) is 3. The summed E-state index contributed by atoms with van der Waals surface area (Å²) in [6.45, 7) is -0.179. The fourth-order valence-electron chi connectivity index (χ4n) is 2.55. The van der Waals surface area contributed by atoms with E-state index >= 15 is 0 Å². The summed E-state index contributed by atoms with van der Waals surface area (Å²) in [5, 5.41) is 18.3. The molecule has 0 heterocycles. The monoisotopic (exact) mass is 460 g/mol. The van der Waals surface area contributed by atoms with Crippen LogP contribution in [0, 0.1) is 21.7 Å². The normalized spacial score (nSPS) is 11.0. The van der Waals surface area contributed by atoms with Gasteiger partial charge >= 0.3 is 6.18 Å². The maximum Gasteiger partial charge on any atom is 0.416 e. The van der Waals surface area contributed by atoms with Gasteiger partial charge in [0, 0.05) is 38.2 Å². The first-order valence-electron chi connectivity index (χ1n) is 9.08. The van der Waals surface area contributed by atoms with E-state index in [4.69, 9.17) is 0 Å². The van der Waals surface area contributed by atoms with Crippen LogP contribution in [0.3, 0.4) is 0 Å². The molecule has 0 saturated heterocycles. The topological polar surface area (TPSA) is 113 Å². The minimum Gasteiger partial charge on any atom is -0.378 e. The van der Waals surface area contributed by atoms with Crippen LogP contribution in [0.25, 0.3) is 0 Å². The molecule has 172 valence electrons. The van der Waals surface area contributed by atoms with E-state index in [0.29, 0.717) is 18.2 Å². The lowest BCUT2D eigenvalue weighted by atomic mass is 10.1. The Morgan fingerprint density at radius 2 is 1.69 bits per heavy atom. The van der Waals surface area contributed by atoms with Crippen LogP contribution in [0.15, 0.2) is 36.4 Å². The van der Waals surface area contributed by atoms with E-state index in [1.54, 1.807) is 0 Å². The number of carbonyl (C=O) groups excluding carboxylic acids is 2. The van der Waals surface area contributed by atoms with Crippen molar-refractivity contribution in [2.45, 2.75) is 12.6 Å². The SMILES string of the molecule is O=C(CCNC(=O)c1ccc(F)cc1F)NCCNc1ccc(C(F)(F)F)cc1[N+](=O)[O-]. The van der Waals surface area contributed by atoms with Gasteiger partial charge in [0.05, 0.1) is 16.1 Å². The number of hydrogen-bond acceptors (Lipinski definition) is 5. The van der Waals surface area contributed by atoms with Crippen molar-refractivity contribution in [2.24, 2.45) is 0 Å². The molecule has 2 rings (SSSR count). The summed E-state index contributed by atoms with van der Waals surface area (Å²) in [5.74, 6) is -3.22. The summed E-state index contributed by atoms with van der Waals surface area (Å²) in [6, 6.07) is 4.46. The molecule has 13 heteroatoms. The van der Waals surface area contributed by atoms with Gasteiger partial charge in [0.15, 0.2) is 0 Å². The van der Waals surface area contributed by atoms with E-state index in [2.05, 4.69) is 16.0 Å². The van der Waals surface area contributed by atoms with Crippen LogP contribution < -0.4 is 16.0 Å². The van der Waals surface area contributed by atoms with Crippen molar-refractivity contribution in [2.75, 3.05) is 25.0 Å².